The lowest BCUT2D eigenvalue weighted by Gasteiger charge is -2.31. The van der Waals surface area contributed by atoms with Crippen LogP contribution >= 0.6 is 11.3 Å². The summed E-state index contributed by atoms with van der Waals surface area (Å²) in [5, 5.41) is 15.2. The van der Waals surface area contributed by atoms with Crippen LogP contribution in [0.2, 0.25) is 0 Å². The predicted octanol–water partition coefficient (Wildman–Crippen LogP) is 4.09. The van der Waals surface area contributed by atoms with Gasteiger partial charge < -0.3 is 15.5 Å². The highest BCUT2D eigenvalue weighted by Crippen LogP contribution is 2.27. The quantitative estimate of drug-likeness (QED) is 0.682. The Morgan fingerprint density at radius 1 is 0.966 bits per heavy atom. The topological polar surface area (TPSA) is 87.2 Å². The van der Waals surface area contributed by atoms with Crippen LogP contribution in [0, 0.1) is 5.92 Å². The predicted molar refractivity (Wildman–Crippen MR) is 114 cm³/mol. The van der Waals surface area contributed by atoms with E-state index in [9.17, 15) is 9.59 Å². The van der Waals surface area contributed by atoms with Gasteiger partial charge in [-0.25, -0.2) is 4.79 Å². The lowest BCUT2D eigenvalue weighted by molar-refractivity contribution is -0.121. The van der Waals surface area contributed by atoms with Gasteiger partial charge in [-0.15, -0.1) is 10.2 Å². The molecule has 1 fully saturated rings. The molecule has 7 nitrogen and oxygen atoms in total. The van der Waals surface area contributed by atoms with Crippen molar-refractivity contribution in [3.63, 3.8) is 0 Å². The van der Waals surface area contributed by atoms with Crippen LogP contribution in [0.25, 0.3) is 10.6 Å². The van der Waals surface area contributed by atoms with Crippen molar-refractivity contribution in [1.82, 2.24) is 15.1 Å². The molecule has 1 aliphatic heterocycles. The first-order chi connectivity index (χ1) is 14.2. The van der Waals surface area contributed by atoms with Crippen LogP contribution in [-0.2, 0) is 4.79 Å². The van der Waals surface area contributed by atoms with Crippen LogP contribution in [0.3, 0.4) is 0 Å². The molecule has 148 valence electrons. The molecule has 0 radical (unpaired) electrons. The fourth-order valence-electron chi connectivity index (χ4n) is 3.28. The number of benzene rings is 2. The van der Waals surface area contributed by atoms with Gasteiger partial charge in [-0.1, -0.05) is 59.9 Å². The van der Waals surface area contributed by atoms with Gasteiger partial charge in [0.2, 0.25) is 11.0 Å². The van der Waals surface area contributed by atoms with Gasteiger partial charge in [0.25, 0.3) is 0 Å². The Kier molecular flexibility index (Phi) is 5.81. The molecule has 8 heteroatoms. The van der Waals surface area contributed by atoms with Crippen LogP contribution in [0.5, 0.6) is 0 Å². The summed E-state index contributed by atoms with van der Waals surface area (Å²) in [4.78, 5) is 26.9. The third-order valence-corrected chi connectivity index (χ3v) is 5.67. The molecule has 29 heavy (non-hydrogen) atoms. The summed E-state index contributed by atoms with van der Waals surface area (Å²) in [6, 6.07) is 18.9. The molecule has 1 unspecified atom stereocenters. The molecule has 1 atom stereocenters. The number of carbonyl (C=O) groups is 2. The summed E-state index contributed by atoms with van der Waals surface area (Å²) < 4.78 is 0. The number of carbonyl (C=O) groups excluding carboxylic acids is 2. The first-order valence-corrected chi connectivity index (χ1v) is 10.3. The fraction of sp³-hybridized carbons (Fsp3) is 0.238. The van der Waals surface area contributed by atoms with E-state index < -0.39 is 0 Å². The van der Waals surface area contributed by atoms with E-state index in [1.54, 1.807) is 4.90 Å². The van der Waals surface area contributed by atoms with Crippen molar-refractivity contribution >= 4 is 34.1 Å². The number of nitrogens with one attached hydrogen (secondary N) is 2. The van der Waals surface area contributed by atoms with Gasteiger partial charge in [-0.3, -0.25) is 4.79 Å². The van der Waals surface area contributed by atoms with E-state index in [1.807, 2.05) is 60.7 Å². The molecule has 3 amide bonds. The van der Waals surface area contributed by atoms with Crippen molar-refractivity contribution in [3.8, 4) is 10.6 Å². The second-order valence-electron chi connectivity index (χ2n) is 6.85. The Morgan fingerprint density at radius 2 is 1.69 bits per heavy atom. The Labute approximate surface area is 172 Å². The number of rotatable bonds is 4. The monoisotopic (exact) mass is 407 g/mol. The third-order valence-electron chi connectivity index (χ3n) is 4.78. The van der Waals surface area contributed by atoms with Crippen molar-refractivity contribution in [1.29, 1.82) is 0 Å². The normalized spacial score (nSPS) is 16.3. The molecule has 1 aromatic heterocycles. The zero-order valence-corrected chi connectivity index (χ0v) is 16.6. The number of likely N-dealkylation sites (tertiary alicyclic amines) is 1. The van der Waals surface area contributed by atoms with Gasteiger partial charge in [0.15, 0.2) is 0 Å². The van der Waals surface area contributed by atoms with E-state index in [0.717, 1.165) is 29.1 Å². The first-order valence-electron chi connectivity index (χ1n) is 9.50. The standard InChI is InChI=1S/C21H21N5O2S/c27-18(23-20-25-24-19(29-20)15-8-3-1-4-9-15)16-10-7-13-26(14-16)21(28)22-17-11-5-2-6-12-17/h1-6,8-9,11-12,16H,7,10,13-14H2,(H,22,28)(H,23,25,27). The number of hydrogen-bond acceptors (Lipinski definition) is 5. The number of hydrogen-bond donors (Lipinski definition) is 2. The van der Waals surface area contributed by atoms with Crippen LogP contribution < -0.4 is 10.6 Å². The molecule has 0 saturated carbocycles. The summed E-state index contributed by atoms with van der Waals surface area (Å²) in [6.45, 7) is 1.02. The molecule has 0 bridgehead atoms. The van der Waals surface area contributed by atoms with Crippen molar-refractivity contribution in [2.75, 3.05) is 23.7 Å². The maximum absolute atomic E-state index is 12.7. The number of nitrogens with zero attached hydrogens (tertiary/aromatic N) is 3. The van der Waals surface area contributed by atoms with Crippen molar-refractivity contribution < 1.29 is 9.59 Å². The number of aromatic nitrogens is 2. The maximum atomic E-state index is 12.7. The van der Waals surface area contributed by atoms with Gasteiger partial charge in [0, 0.05) is 24.3 Å². The van der Waals surface area contributed by atoms with Gasteiger partial charge >= 0.3 is 6.03 Å². The number of para-hydroxylation sites is 1. The molecular formula is C21H21N5O2S. The molecule has 0 aliphatic carbocycles. The van der Waals surface area contributed by atoms with Crippen LogP contribution in [-0.4, -0.2) is 40.1 Å². The number of piperidine rings is 1. The number of urea groups is 1. The van der Waals surface area contributed by atoms with Gasteiger partial charge in [0.05, 0.1) is 5.92 Å². The number of anilines is 2. The van der Waals surface area contributed by atoms with Crippen molar-refractivity contribution in [2.24, 2.45) is 5.92 Å². The second kappa shape index (κ2) is 8.83. The molecule has 0 spiro atoms. The highest BCUT2D eigenvalue weighted by molar-refractivity contribution is 7.18. The summed E-state index contributed by atoms with van der Waals surface area (Å²) in [7, 11) is 0. The molecule has 2 aromatic carbocycles. The Balaban J connectivity index is 1.35. The largest absolute Gasteiger partial charge is 0.324 e. The van der Waals surface area contributed by atoms with Gasteiger partial charge in [-0.2, -0.15) is 0 Å². The van der Waals surface area contributed by atoms with E-state index >= 15 is 0 Å². The van der Waals surface area contributed by atoms with Gasteiger partial charge in [0.1, 0.15) is 5.01 Å². The summed E-state index contributed by atoms with van der Waals surface area (Å²) >= 11 is 1.34. The van der Waals surface area contributed by atoms with Crippen LogP contribution in [0.1, 0.15) is 12.8 Å². The maximum Gasteiger partial charge on any atom is 0.321 e. The minimum atomic E-state index is -0.269. The van der Waals surface area contributed by atoms with Crippen molar-refractivity contribution in [3.05, 3.63) is 60.7 Å². The second-order valence-corrected chi connectivity index (χ2v) is 7.83. The Morgan fingerprint density at radius 3 is 2.45 bits per heavy atom. The first kappa shape index (κ1) is 19.1. The molecule has 4 rings (SSSR count). The molecule has 3 aromatic rings. The van der Waals surface area contributed by atoms with E-state index in [2.05, 4.69) is 20.8 Å². The van der Waals surface area contributed by atoms with E-state index in [-0.39, 0.29) is 17.9 Å². The zero-order valence-electron chi connectivity index (χ0n) is 15.7. The smallest absolute Gasteiger partial charge is 0.321 e. The summed E-state index contributed by atoms with van der Waals surface area (Å²) in [5.74, 6) is -0.396. The fourth-order valence-corrected chi connectivity index (χ4v) is 4.03. The average molecular weight is 407 g/mol. The van der Waals surface area contributed by atoms with Crippen LogP contribution in [0.15, 0.2) is 60.7 Å². The molecular weight excluding hydrogens is 386 g/mol. The highest BCUT2D eigenvalue weighted by Gasteiger charge is 2.29. The minimum absolute atomic E-state index is 0.127. The lowest BCUT2D eigenvalue weighted by Crippen LogP contribution is -2.45. The molecule has 1 aliphatic rings. The SMILES string of the molecule is O=C(Nc1nnc(-c2ccccc2)s1)C1CCCN(C(=O)Nc2ccccc2)C1. The Bertz CT molecular complexity index is 977. The molecule has 2 N–H and O–H groups in total. The number of amides is 3. The van der Waals surface area contributed by atoms with E-state index in [4.69, 9.17) is 0 Å². The minimum Gasteiger partial charge on any atom is -0.324 e. The summed E-state index contributed by atoms with van der Waals surface area (Å²) in [5.41, 5.74) is 1.71. The average Bonchev–Trinajstić information content (AvgIpc) is 3.23. The van der Waals surface area contributed by atoms with Crippen molar-refractivity contribution in [2.45, 2.75) is 12.8 Å². The van der Waals surface area contributed by atoms with Gasteiger partial charge in [-0.05, 0) is 25.0 Å². The van der Waals surface area contributed by atoms with E-state index in [0.29, 0.717) is 18.2 Å². The third kappa shape index (κ3) is 4.78. The van der Waals surface area contributed by atoms with Crippen LogP contribution in [0.4, 0.5) is 15.6 Å². The van der Waals surface area contributed by atoms with E-state index in [1.165, 1.54) is 11.3 Å². The zero-order chi connectivity index (χ0) is 20.1. The highest BCUT2D eigenvalue weighted by atomic mass is 32.1. The lowest BCUT2D eigenvalue weighted by atomic mass is 9.97. The molecule has 1 saturated heterocycles. The Hall–Kier alpha value is -3.26. The summed E-state index contributed by atoms with van der Waals surface area (Å²) in [6.07, 6.45) is 1.52. The molecule has 2 heterocycles.